The van der Waals surface area contributed by atoms with Gasteiger partial charge in [-0.15, -0.1) is 0 Å². The number of halogens is 1. The molecule has 19 heavy (non-hydrogen) atoms. The summed E-state index contributed by atoms with van der Waals surface area (Å²) in [6.45, 7) is 3.13. The quantitative estimate of drug-likeness (QED) is 0.799. The molecule has 5 nitrogen and oxygen atoms in total. The molecule has 2 aromatic heterocycles. The van der Waals surface area contributed by atoms with Crippen LogP contribution in [-0.2, 0) is 0 Å². The van der Waals surface area contributed by atoms with E-state index in [0.717, 1.165) is 36.5 Å². The van der Waals surface area contributed by atoms with E-state index in [0.29, 0.717) is 17.1 Å². The SMILES string of the molecule is Clc1cc2nccnc2c(N2C[C@H]3CCN[C@H]3C2)n1. The lowest BCUT2D eigenvalue weighted by molar-refractivity contribution is 0.556. The number of pyridine rings is 1. The fourth-order valence-electron chi connectivity index (χ4n) is 3.17. The first-order valence-corrected chi connectivity index (χ1v) is 6.94. The Labute approximate surface area is 116 Å². The molecule has 4 rings (SSSR count). The zero-order valence-corrected chi connectivity index (χ0v) is 11.1. The van der Waals surface area contributed by atoms with Gasteiger partial charge in [0.25, 0.3) is 0 Å². The maximum atomic E-state index is 6.10. The molecule has 2 fully saturated rings. The Morgan fingerprint density at radius 3 is 3.05 bits per heavy atom. The lowest BCUT2D eigenvalue weighted by Crippen LogP contribution is -2.30. The Kier molecular flexibility index (Phi) is 2.56. The monoisotopic (exact) mass is 275 g/mol. The highest BCUT2D eigenvalue weighted by molar-refractivity contribution is 6.30. The molecule has 4 heterocycles. The van der Waals surface area contributed by atoms with Gasteiger partial charge in [-0.3, -0.25) is 4.98 Å². The molecule has 98 valence electrons. The summed E-state index contributed by atoms with van der Waals surface area (Å²) in [6, 6.07) is 2.34. The van der Waals surface area contributed by atoms with Crippen LogP contribution in [0.2, 0.25) is 5.15 Å². The minimum Gasteiger partial charge on any atom is -0.353 e. The van der Waals surface area contributed by atoms with Gasteiger partial charge in [0.15, 0.2) is 5.82 Å². The zero-order valence-electron chi connectivity index (χ0n) is 10.4. The van der Waals surface area contributed by atoms with Crippen molar-refractivity contribution in [1.82, 2.24) is 20.3 Å². The van der Waals surface area contributed by atoms with Gasteiger partial charge in [-0.2, -0.15) is 0 Å². The number of hydrogen-bond donors (Lipinski definition) is 1. The summed E-state index contributed by atoms with van der Waals surface area (Å²) in [4.78, 5) is 15.5. The maximum absolute atomic E-state index is 6.10. The highest BCUT2D eigenvalue weighted by Gasteiger charge is 2.37. The van der Waals surface area contributed by atoms with Gasteiger partial charge in [-0.05, 0) is 18.9 Å². The second-order valence-corrected chi connectivity index (χ2v) is 5.59. The fourth-order valence-corrected chi connectivity index (χ4v) is 3.35. The molecule has 0 saturated carbocycles. The van der Waals surface area contributed by atoms with Gasteiger partial charge in [-0.1, -0.05) is 11.6 Å². The largest absolute Gasteiger partial charge is 0.353 e. The molecule has 0 spiro atoms. The van der Waals surface area contributed by atoms with Gasteiger partial charge >= 0.3 is 0 Å². The number of fused-ring (bicyclic) bond motifs is 2. The van der Waals surface area contributed by atoms with Crippen molar-refractivity contribution < 1.29 is 0 Å². The summed E-state index contributed by atoms with van der Waals surface area (Å²) in [5.74, 6) is 1.58. The Bertz CT molecular complexity index is 619. The topological polar surface area (TPSA) is 53.9 Å². The van der Waals surface area contributed by atoms with E-state index in [4.69, 9.17) is 11.6 Å². The Morgan fingerprint density at radius 1 is 1.26 bits per heavy atom. The number of nitrogens with one attached hydrogen (secondary N) is 1. The summed E-state index contributed by atoms with van der Waals surface area (Å²) in [5.41, 5.74) is 1.65. The molecule has 0 radical (unpaired) electrons. The van der Waals surface area contributed by atoms with E-state index in [1.54, 1.807) is 18.5 Å². The van der Waals surface area contributed by atoms with Gasteiger partial charge in [-0.25, -0.2) is 9.97 Å². The molecular formula is C13H14ClN5. The van der Waals surface area contributed by atoms with Gasteiger partial charge in [0, 0.05) is 37.6 Å². The van der Waals surface area contributed by atoms with Crippen LogP contribution in [0.4, 0.5) is 5.82 Å². The third-order valence-corrected chi connectivity index (χ3v) is 4.26. The highest BCUT2D eigenvalue weighted by Crippen LogP contribution is 2.31. The molecular weight excluding hydrogens is 262 g/mol. The van der Waals surface area contributed by atoms with Crippen LogP contribution in [0.1, 0.15) is 6.42 Å². The molecule has 0 aliphatic carbocycles. The molecule has 2 saturated heterocycles. The highest BCUT2D eigenvalue weighted by atomic mass is 35.5. The molecule has 0 aromatic carbocycles. The number of nitrogens with zero attached hydrogens (tertiary/aromatic N) is 4. The molecule has 6 heteroatoms. The van der Waals surface area contributed by atoms with Crippen LogP contribution in [0.5, 0.6) is 0 Å². The van der Waals surface area contributed by atoms with Crippen LogP contribution >= 0.6 is 11.6 Å². The van der Waals surface area contributed by atoms with Crippen molar-refractivity contribution in [3.8, 4) is 0 Å². The van der Waals surface area contributed by atoms with Gasteiger partial charge in [0.1, 0.15) is 10.7 Å². The number of aromatic nitrogens is 3. The first kappa shape index (κ1) is 11.4. The second-order valence-electron chi connectivity index (χ2n) is 5.21. The minimum absolute atomic E-state index is 0.480. The van der Waals surface area contributed by atoms with Crippen molar-refractivity contribution in [1.29, 1.82) is 0 Å². The zero-order chi connectivity index (χ0) is 12.8. The van der Waals surface area contributed by atoms with Crippen molar-refractivity contribution in [3.05, 3.63) is 23.6 Å². The first-order valence-electron chi connectivity index (χ1n) is 6.57. The van der Waals surface area contributed by atoms with E-state index in [2.05, 4.69) is 25.2 Å². The molecule has 0 unspecified atom stereocenters. The standard InChI is InChI=1S/C13H14ClN5/c14-11-5-9-12(17-4-3-16-9)13(18-11)19-6-8-1-2-15-10(8)7-19/h3-5,8,10,15H,1-2,6-7H2/t8-,10+/m1/s1. The van der Waals surface area contributed by atoms with Crippen LogP contribution in [0.3, 0.4) is 0 Å². The van der Waals surface area contributed by atoms with E-state index in [1.807, 2.05) is 0 Å². The average molecular weight is 276 g/mol. The summed E-state index contributed by atoms with van der Waals surface area (Å²) in [5, 5.41) is 4.02. The van der Waals surface area contributed by atoms with Crippen LogP contribution in [0, 0.1) is 5.92 Å². The Hall–Kier alpha value is -1.46. The lowest BCUT2D eigenvalue weighted by atomic mass is 10.1. The molecule has 2 aliphatic rings. The van der Waals surface area contributed by atoms with E-state index in [-0.39, 0.29) is 0 Å². The average Bonchev–Trinajstić information content (AvgIpc) is 2.98. The van der Waals surface area contributed by atoms with Gasteiger partial charge < -0.3 is 10.2 Å². The van der Waals surface area contributed by atoms with Crippen LogP contribution in [0.15, 0.2) is 18.5 Å². The lowest BCUT2D eigenvalue weighted by Gasteiger charge is -2.19. The molecule has 0 bridgehead atoms. The fraction of sp³-hybridized carbons (Fsp3) is 0.462. The number of rotatable bonds is 1. The normalized spacial score (nSPS) is 26.1. The Balaban J connectivity index is 1.78. The first-order chi connectivity index (χ1) is 9.31. The van der Waals surface area contributed by atoms with Crippen molar-refractivity contribution in [2.24, 2.45) is 5.92 Å². The van der Waals surface area contributed by atoms with E-state index < -0.39 is 0 Å². The second kappa shape index (κ2) is 4.28. The van der Waals surface area contributed by atoms with Crippen molar-refractivity contribution in [2.75, 3.05) is 24.5 Å². The third-order valence-electron chi connectivity index (χ3n) is 4.07. The Morgan fingerprint density at radius 2 is 2.16 bits per heavy atom. The van der Waals surface area contributed by atoms with Crippen LogP contribution in [0.25, 0.3) is 11.0 Å². The molecule has 2 aromatic rings. The molecule has 2 atom stereocenters. The van der Waals surface area contributed by atoms with Gasteiger partial charge in [0.05, 0.1) is 5.52 Å². The molecule has 2 aliphatic heterocycles. The van der Waals surface area contributed by atoms with Crippen molar-refractivity contribution in [3.63, 3.8) is 0 Å². The summed E-state index contributed by atoms with van der Waals surface area (Å²) < 4.78 is 0. The van der Waals surface area contributed by atoms with Crippen LogP contribution in [-0.4, -0.2) is 40.6 Å². The predicted octanol–water partition coefficient (Wildman–Crippen LogP) is 1.48. The van der Waals surface area contributed by atoms with E-state index in [1.165, 1.54) is 6.42 Å². The van der Waals surface area contributed by atoms with E-state index >= 15 is 0 Å². The number of anilines is 1. The minimum atomic E-state index is 0.480. The van der Waals surface area contributed by atoms with Crippen LogP contribution < -0.4 is 10.2 Å². The molecule has 1 N–H and O–H groups in total. The third kappa shape index (κ3) is 1.84. The van der Waals surface area contributed by atoms with Gasteiger partial charge in [0.2, 0.25) is 0 Å². The summed E-state index contributed by atoms with van der Waals surface area (Å²) >= 11 is 6.10. The summed E-state index contributed by atoms with van der Waals surface area (Å²) in [7, 11) is 0. The smallest absolute Gasteiger partial charge is 0.158 e. The maximum Gasteiger partial charge on any atom is 0.158 e. The molecule has 0 amide bonds. The predicted molar refractivity (Wildman–Crippen MR) is 74.5 cm³/mol. The van der Waals surface area contributed by atoms with Crippen molar-refractivity contribution >= 4 is 28.5 Å². The van der Waals surface area contributed by atoms with Crippen molar-refractivity contribution in [2.45, 2.75) is 12.5 Å². The summed E-state index contributed by atoms with van der Waals surface area (Å²) in [6.07, 6.45) is 4.63. The number of hydrogen-bond acceptors (Lipinski definition) is 5. The van der Waals surface area contributed by atoms with E-state index in [9.17, 15) is 0 Å².